The zero-order valence-corrected chi connectivity index (χ0v) is 20.1. The maximum Gasteiger partial charge on any atom is 0.257 e. The van der Waals surface area contributed by atoms with Crippen LogP contribution in [0.25, 0.3) is 0 Å². The van der Waals surface area contributed by atoms with Crippen LogP contribution in [0, 0.1) is 11.3 Å². The number of nitrogens with one attached hydrogen (secondary N) is 2. The lowest BCUT2D eigenvalue weighted by Gasteiger charge is -2.20. The fourth-order valence-corrected chi connectivity index (χ4v) is 5.68. The van der Waals surface area contributed by atoms with Gasteiger partial charge in [-0.3, -0.25) is 10.1 Å². The van der Waals surface area contributed by atoms with E-state index >= 15 is 0 Å². The summed E-state index contributed by atoms with van der Waals surface area (Å²) in [6.07, 6.45) is 0. The molecule has 166 valence electrons. The summed E-state index contributed by atoms with van der Waals surface area (Å²) < 4.78 is 28.0. The van der Waals surface area contributed by atoms with Gasteiger partial charge in [-0.1, -0.05) is 35.2 Å². The van der Waals surface area contributed by atoms with E-state index in [0.29, 0.717) is 26.4 Å². The Bertz CT molecular complexity index is 1240. The smallest absolute Gasteiger partial charge is 0.257 e. The van der Waals surface area contributed by atoms with Gasteiger partial charge in [-0.2, -0.15) is 5.26 Å². The molecule has 0 radical (unpaired) electrons. The Kier molecular flexibility index (Phi) is 7.30. The van der Waals surface area contributed by atoms with Crippen LogP contribution in [0.4, 0.5) is 5.13 Å². The van der Waals surface area contributed by atoms with E-state index in [4.69, 9.17) is 5.26 Å². The third-order valence-electron chi connectivity index (χ3n) is 3.94. The molecule has 32 heavy (non-hydrogen) atoms. The molecule has 0 unspecified atom stereocenters. The molecule has 0 aliphatic carbocycles. The maximum absolute atomic E-state index is 12.5. The van der Waals surface area contributed by atoms with Crippen LogP contribution < -0.4 is 10.0 Å². The summed E-state index contributed by atoms with van der Waals surface area (Å²) in [5.74, 6) is 0.254. The highest BCUT2D eigenvalue weighted by atomic mass is 32.2. The largest absolute Gasteiger partial charge is 0.296 e. The van der Waals surface area contributed by atoms with Gasteiger partial charge in [0.1, 0.15) is 0 Å². The monoisotopic (exact) mass is 487 g/mol. The summed E-state index contributed by atoms with van der Waals surface area (Å²) in [6.45, 7) is 5.27. The summed E-state index contributed by atoms with van der Waals surface area (Å²) in [6, 6.07) is 15.1. The molecular weight excluding hydrogens is 466 g/mol. The van der Waals surface area contributed by atoms with E-state index in [0.717, 1.165) is 5.56 Å². The van der Waals surface area contributed by atoms with Crippen molar-refractivity contribution in [3.05, 3.63) is 65.2 Å². The van der Waals surface area contributed by atoms with Crippen molar-refractivity contribution in [3.8, 4) is 6.07 Å². The lowest BCUT2D eigenvalue weighted by Crippen LogP contribution is -2.40. The number of nitrogens with zero attached hydrogens (tertiary/aromatic N) is 3. The average Bonchev–Trinajstić information content (AvgIpc) is 3.18. The minimum atomic E-state index is -3.67. The maximum atomic E-state index is 12.5. The second-order valence-electron chi connectivity index (χ2n) is 7.80. The molecule has 2 aromatic carbocycles. The number of rotatable bonds is 7. The molecule has 0 fully saturated rings. The van der Waals surface area contributed by atoms with E-state index in [1.165, 1.54) is 47.4 Å². The lowest BCUT2D eigenvalue weighted by atomic mass is 10.1. The van der Waals surface area contributed by atoms with E-state index in [-0.39, 0.29) is 4.90 Å². The zero-order chi connectivity index (χ0) is 23.4. The van der Waals surface area contributed by atoms with E-state index in [1.54, 1.807) is 32.9 Å². The van der Waals surface area contributed by atoms with Crippen LogP contribution in [0.15, 0.2) is 57.8 Å². The van der Waals surface area contributed by atoms with Crippen molar-refractivity contribution in [3.63, 3.8) is 0 Å². The third-order valence-corrected chi connectivity index (χ3v) is 7.76. The van der Waals surface area contributed by atoms with Gasteiger partial charge in [0.2, 0.25) is 15.2 Å². The highest BCUT2D eigenvalue weighted by molar-refractivity contribution is 8.00. The van der Waals surface area contributed by atoms with Gasteiger partial charge in [-0.15, -0.1) is 10.2 Å². The minimum Gasteiger partial charge on any atom is -0.296 e. The molecule has 8 nitrogen and oxygen atoms in total. The van der Waals surface area contributed by atoms with E-state index in [2.05, 4.69) is 26.3 Å². The summed E-state index contributed by atoms with van der Waals surface area (Å²) in [5.41, 5.74) is 1.35. The zero-order valence-electron chi connectivity index (χ0n) is 17.6. The summed E-state index contributed by atoms with van der Waals surface area (Å²) in [4.78, 5) is 12.6. The Hall–Kier alpha value is -2.78. The normalized spacial score (nSPS) is 11.7. The van der Waals surface area contributed by atoms with Crippen LogP contribution in [-0.2, 0) is 15.8 Å². The van der Waals surface area contributed by atoms with Crippen LogP contribution in [0.1, 0.15) is 42.3 Å². The number of amides is 1. The molecule has 1 aromatic heterocycles. The average molecular weight is 488 g/mol. The highest BCUT2D eigenvalue weighted by Gasteiger charge is 2.22. The van der Waals surface area contributed by atoms with Gasteiger partial charge in [0.15, 0.2) is 4.34 Å². The van der Waals surface area contributed by atoms with Crippen molar-refractivity contribution in [1.82, 2.24) is 14.9 Å². The van der Waals surface area contributed by atoms with Gasteiger partial charge in [-0.25, -0.2) is 13.1 Å². The number of nitriles is 1. The molecule has 0 saturated heterocycles. The quantitative estimate of drug-likeness (QED) is 0.381. The van der Waals surface area contributed by atoms with Crippen LogP contribution in [0.3, 0.4) is 0 Å². The van der Waals surface area contributed by atoms with Crippen molar-refractivity contribution in [2.45, 2.75) is 41.3 Å². The molecule has 0 bridgehead atoms. The number of carbonyl (C=O) groups excluding carboxylic acids is 1. The molecule has 0 spiro atoms. The first-order chi connectivity index (χ1) is 15.1. The number of carbonyl (C=O) groups is 1. The molecule has 1 heterocycles. The number of anilines is 1. The Balaban J connectivity index is 1.59. The highest BCUT2D eigenvalue weighted by Crippen LogP contribution is 2.28. The van der Waals surface area contributed by atoms with Gasteiger partial charge in [-0.05, 0) is 62.7 Å². The SMILES string of the molecule is CC(C)(C)NS(=O)(=O)c1ccc(C(=O)Nc2nnc(SCc3ccc(C#N)cc3)s2)cc1. The summed E-state index contributed by atoms with van der Waals surface area (Å²) in [7, 11) is -3.67. The topological polar surface area (TPSA) is 125 Å². The van der Waals surface area contributed by atoms with Gasteiger partial charge in [0.25, 0.3) is 5.91 Å². The number of hydrogen-bond acceptors (Lipinski definition) is 8. The number of hydrogen-bond donors (Lipinski definition) is 2. The number of thioether (sulfide) groups is 1. The first-order valence-electron chi connectivity index (χ1n) is 9.46. The van der Waals surface area contributed by atoms with Crippen LogP contribution >= 0.6 is 23.1 Å². The molecule has 0 saturated carbocycles. The molecule has 11 heteroatoms. The number of sulfonamides is 1. The van der Waals surface area contributed by atoms with Crippen LogP contribution in [0.5, 0.6) is 0 Å². The third kappa shape index (κ3) is 6.61. The molecule has 0 aliphatic rings. The predicted octanol–water partition coefficient (Wildman–Crippen LogP) is 4.03. The lowest BCUT2D eigenvalue weighted by molar-refractivity contribution is 0.102. The van der Waals surface area contributed by atoms with Crippen LogP contribution in [0.2, 0.25) is 0 Å². The summed E-state index contributed by atoms with van der Waals surface area (Å²) in [5, 5.41) is 19.9. The Morgan fingerprint density at radius 1 is 1.09 bits per heavy atom. The van der Waals surface area contributed by atoms with Crippen LogP contribution in [-0.4, -0.2) is 30.1 Å². The Labute approximate surface area is 195 Å². The predicted molar refractivity (Wildman–Crippen MR) is 125 cm³/mol. The molecule has 3 rings (SSSR count). The first-order valence-corrected chi connectivity index (χ1v) is 12.7. The van der Waals surface area contributed by atoms with Crippen molar-refractivity contribution < 1.29 is 13.2 Å². The van der Waals surface area contributed by atoms with Gasteiger partial charge >= 0.3 is 0 Å². The number of aromatic nitrogens is 2. The van der Waals surface area contributed by atoms with E-state index in [1.807, 2.05) is 12.1 Å². The van der Waals surface area contributed by atoms with Gasteiger partial charge in [0, 0.05) is 16.9 Å². The van der Waals surface area contributed by atoms with E-state index < -0.39 is 21.5 Å². The van der Waals surface area contributed by atoms with Crippen molar-refractivity contribution in [1.29, 1.82) is 5.26 Å². The fourth-order valence-electron chi connectivity index (χ4n) is 2.56. The minimum absolute atomic E-state index is 0.0846. The standard InChI is InChI=1S/C21H21N5O3S3/c1-21(2,3)26-32(28,29)17-10-8-16(9-11-17)18(27)23-19-24-25-20(31-19)30-13-15-6-4-14(12-22)5-7-15/h4-11,26H,13H2,1-3H3,(H,23,24,27). The second kappa shape index (κ2) is 9.79. The van der Waals surface area contributed by atoms with Gasteiger partial charge in [0.05, 0.1) is 16.5 Å². The van der Waals surface area contributed by atoms with Crippen molar-refractivity contribution in [2.24, 2.45) is 0 Å². The van der Waals surface area contributed by atoms with Gasteiger partial charge < -0.3 is 0 Å². The van der Waals surface area contributed by atoms with Crippen molar-refractivity contribution >= 4 is 44.2 Å². The van der Waals surface area contributed by atoms with Crippen molar-refractivity contribution in [2.75, 3.05) is 5.32 Å². The molecule has 1 amide bonds. The first kappa shape index (κ1) is 23.9. The second-order valence-corrected chi connectivity index (χ2v) is 11.7. The number of benzene rings is 2. The summed E-state index contributed by atoms with van der Waals surface area (Å²) >= 11 is 2.72. The molecule has 0 atom stereocenters. The molecule has 2 N–H and O–H groups in total. The Morgan fingerprint density at radius 3 is 2.34 bits per heavy atom. The fraction of sp³-hybridized carbons (Fsp3) is 0.238. The Morgan fingerprint density at radius 2 is 1.75 bits per heavy atom. The molecule has 0 aliphatic heterocycles. The molecule has 3 aromatic rings. The van der Waals surface area contributed by atoms with E-state index in [9.17, 15) is 13.2 Å². The molecular formula is C21H21N5O3S3.